The second-order valence-electron chi connectivity index (χ2n) is 6.09. The summed E-state index contributed by atoms with van der Waals surface area (Å²) in [5.41, 5.74) is 1.11. The highest BCUT2D eigenvalue weighted by atomic mass is 79.9. The minimum absolute atomic E-state index is 0.0330. The number of aliphatic carboxylic acids is 1. The molecule has 2 N–H and O–H groups in total. The van der Waals surface area contributed by atoms with Gasteiger partial charge in [0, 0.05) is 6.04 Å². The third-order valence-corrected chi connectivity index (χ3v) is 4.80. The van der Waals surface area contributed by atoms with E-state index in [1.165, 1.54) is 0 Å². The second kappa shape index (κ2) is 7.81. The predicted octanol–water partition coefficient (Wildman–Crippen LogP) is 3.28. The van der Waals surface area contributed by atoms with Crippen LogP contribution in [0.25, 0.3) is 0 Å². The number of benzene rings is 1. The van der Waals surface area contributed by atoms with E-state index in [2.05, 4.69) is 21.2 Å². The van der Waals surface area contributed by atoms with Crippen LogP contribution in [0.5, 0.6) is 5.75 Å². The minimum Gasteiger partial charge on any atom is -0.481 e. The molecule has 23 heavy (non-hydrogen) atoms. The third-order valence-electron chi connectivity index (χ3n) is 4.18. The first-order valence-electron chi connectivity index (χ1n) is 7.83. The molecule has 1 unspecified atom stereocenters. The maximum absolute atomic E-state index is 12.2. The molecular weight excluding hydrogens is 362 g/mol. The first-order valence-corrected chi connectivity index (χ1v) is 8.62. The summed E-state index contributed by atoms with van der Waals surface area (Å²) in [5.74, 6) is -0.555. The Bertz CT molecular complexity index is 582. The number of hydrogen-bond donors (Lipinski definition) is 2. The minimum atomic E-state index is -0.740. The summed E-state index contributed by atoms with van der Waals surface area (Å²) in [7, 11) is 0. The van der Waals surface area contributed by atoms with Gasteiger partial charge in [-0.2, -0.15) is 0 Å². The highest BCUT2D eigenvalue weighted by Crippen LogP contribution is 2.27. The van der Waals surface area contributed by atoms with Gasteiger partial charge in [-0.15, -0.1) is 0 Å². The zero-order valence-electron chi connectivity index (χ0n) is 13.3. The zero-order chi connectivity index (χ0) is 17.0. The van der Waals surface area contributed by atoms with Crippen LogP contribution in [0.2, 0.25) is 0 Å². The first-order chi connectivity index (χ1) is 10.9. The molecule has 1 aromatic carbocycles. The van der Waals surface area contributed by atoms with Gasteiger partial charge in [0.25, 0.3) is 5.91 Å². The lowest BCUT2D eigenvalue weighted by Gasteiger charge is -2.28. The number of rotatable bonds is 5. The van der Waals surface area contributed by atoms with Gasteiger partial charge < -0.3 is 15.2 Å². The molecule has 1 aliphatic carbocycles. The Hall–Kier alpha value is -1.56. The standard InChI is InChI=1S/C17H22BrNO4/c1-10-3-8-15(14(18)9-10)23-11(2)16(20)19-13-6-4-12(5-7-13)17(21)22/h3,8-9,11-13H,4-7H2,1-2H3,(H,19,20)(H,21,22). The lowest BCUT2D eigenvalue weighted by molar-refractivity contribution is -0.142. The molecule has 0 heterocycles. The molecule has 0 bridgehead atoms. The van der Waals surface area contributed by atoms with E-state index in [0.29, 0.717) is 31.4 Å². The molecule has 1 amide bonds. The molecule has 1 saturated carbocycles. The number of halogens is 1. The summed E-state index contributed by atoms with van der Waals surface area (Å²) in [6, 6.07) is 5.73. The number of ether oxygens (including phenoxy) is 1. The molecular formula is C17H22BrNO4. The Kier molecular flexibility index (Phi) is 6.04. The number of carbonyl (C=O) groups excluding carboxylic acids is 1. The summed E-state index contributed by atoms with van der Waals surface area (Å²) in [6.07, 6.45) is 2.01. The van der Waals surface area contributed by atoms with E-state index in [4.69, 9.17) is 9.84 Å². The first kappa shape index (κ1) is 17.8. The van der Waals surface area contributed by atoms with Crippen LogP contribution in [0.3, 0.4) is 0 Å². The van der Waals surface area contributed by atoms with Crippen molar-refractivity contribution in [3.8, 4) is 5.75 Å². The second-order valence-corrected chi connectivity index (χ2v) is 6.94. The number of nitrogens with one attached hydrogen (secondary N) is 1. The number of carbonyl (C=O) groups is 2. The fraction of sp³-hybridized carbons (Fsp3) is 0.529. The predicted molar refractivity (Wildman–Crippen MR) is 90.5 cm³/mol. The number of aryl methyl sites for hydroxylation is 1. The normalized spacial score (nSPS) is 22.2. The molecule has 0 saturated heterocycles. The molecule has 1 fully saturated rings. The molecule has 126 valence electrons. The van der Waals surface area contributed by atoms with Crippen molar-refractivity contribution in [2.75, 3.05) is 0 Å². The Balaban J connectivity index is 1.85. The van der Waals surface area contributed by atoms with Crippen LogP contribution in [0.15, 0.2) is 22.7 Å². The van der Waals surface area contributed by atoms with Crippen molar-refractivity contribution in [3.63, 3.8) is 0 Å². The van der Waals surface area contributed by atoms with Gasteiger partial charge >= 0.3 is 5.97 Å². The Morgan fingerprint density at radius 1 is 1.30 bits per heavy atom. The largest absolute Gasteiger partial charge is 0.481 e. The molecule has 6 heteroatoms. The topological polar surface area (TPSA) is 75.6 Å². The van der Waals surface area contributed by atoms with Crippen LogP contribution < -0.4 is 10.1 Å². The number of amides is 1. The third kappa shape index (κ3) is 4.96. The van der Waals surface area contributed by atoms with Crippen molar-refractivity contribution in [2.45, 2.75) is 51.7 Å². The van der Waals surface area contributed by atoms with Gasteiger partial charge in [-0.05, 0) is 73.2 Å². The average molecular weight is 384 g/mol. The van der Waals surface area contributed by atoms with Crippen LogP contribution in [-0.4, -0.2) is 29.1 Å². The molecule has 2 rings (SSSR count). The Labute approximate surface area is 144 Å². The van der Waals surface area contributed by atoms with Gasteiger partial charge in [0.1, 0.15) is 5.75 Å². The maximum atomic E-state index is 12.2. The monoisotopic (exact) mass is 383 g/mol. The van der Waals surface area contributed by atoms with Crippen molar-refractivity contribution < 1.29 is 19.4 Å². The summed E-state index contributed by atoms with van der Waals surface area (Å²) >= 11 is 3.43. The molecule has 1 atom stereocenters. The summed E-state index contributed by atoms with van der Waals surface area (Å²) in [6.45, 7) is 3.70. The van der Waals surface area contributed by atoms with Gasteiger partial charge in [-0.25, -0.2) is 0 Å². The van der Waals surface area contributed by atoms with E-state index < -0.39 is 12.1 Å². The van der Waals surface area contributed by atoms with Crippen LogP contribution >= 0.6 is 15.9 Å². The van der Waals surface area contributed by atoms with E-state index in [0.717, 1.165) is 10.0 Å². The quantitative estimate of drug-likeness (QED) is 0.817. The molecule has 1 aromatic rings. The van der Waals surface area contributed by atoms with Crippen LogP contribution in [0, 0.1) is 12.8 Å². The number of carboxylic acids is 1. The van der Waals surface area contributed by atoms with Gasteiger partial charge in [-0.1, -0.05) is 6.07 Å². The van der Waals surface area contributed by atoms with Crippen molar-refractivity contribution in [2.24, 2.45) is 5.92 Å². The highest BCUT2D eigenvalue weighted by Gasteiger charge is 2.28. The van der Waals surface area contributed by atoms with Crippen molar-refractivity contribution in [3.05, 3.63) is 28.2 Å². The highest BCUT2D eigenvalue weighted by molar-refractivity contribution is 9.10. The number of hydrogen-bond acceptors (Lipinski definition) is 3. The van der Waals surface area contributed by atoms with Crippen LogP contribution in [0.4, 0.5) is 0 Å². The molecule has 5 nitrogen and oxygen atoms in total. The van der Waals surface area contributed by atoms with E-state index in [1.54, 1.807) is 6.92 Å². The summed E-state index contributed by atoms with van der Waals surface area (Å²) < 4.78 is 6.53. The van der Waals surface area contributed by atoms with Crippen LogP contribution in [0.1, 0.15) is 38.2 Å². The fourth-order valence-corrected chi connectivity index (χ4v) is 3.34. The Morgan fingerprint density at radius 2 is 1.96 bits per heavy atom. The van der Waals surface area contributed by atoms with E-state index in [-0.39, 0.29) is 17.9 Å². The number of carboxylic acid groups (broad SMARTS) is 1. The average Bonchev–Trinajstić information content (AvgIpc) is 2.50. The lowest BCUT2D eigenvalue weighted by Crippen LogP contribution is -2.44. The van der Waals surface area contributed by atoms with Gasteiger partial charge in [-0.3, -0.25) is 9.59 Å². The molecule has 0 aromatic heterocycles. The van der Waals surface area contributed by atoms with Gasteiger partial charge in [0.15, 0.2) is 6.10 Å². The van der Waals surface area contributed by atoms with E-state index >= 15 is 0 Å². The van der Waals surface area contributed by atoms with E-state index in [1.807, 2.05) is 25.1 Å². The fourth-order valence-electron chi connectivity index (χ4n) is 2.75. The van der Waals surface area contributed by atoms with Gasteiger partial charge in [0.2, 0.25) is 0 Å². The summed E-state index contributed by atoms with van der Waals surface area (Å²) in [4.78, 5) is 23.2. The smallest absolute Gasteiger partial charge is 0.306 e. The van der Waals surface area contributed by atoms with Crippen molar-refractivity contribution in [1.82, 2.24) is 5.32 Å². The maximum Gasteiger partial charge on any atom is 0.306 e. The van der Waals surface area contributed by atoms with E-state index in [9.17, 15) is 9.59 Å². The molecule has 0 radical (unpaired) electrons. The SMILES string of the molecule is Cc1ccc(OC(C)C(=O)NC2CCC(C(=O)O)CC2)c(Br)c1. The van der Waals surface area contributed by atoms with Crippen molar-refractivity contribution >= 4 is 27.8 Å². The molecule has 1 aliphatic rings. The van der Waals surface area contributed by atoms with Gasteiger partial charge in [0.05, 0.1) is 10.4 Å². The summed E-state index contributed by atoms with van der Waals surface area (Å²) in [5, 5.41) is 11.9. The zero-order valence-corrected chi connectivity index (χ0v) is 14.9. The van der Waals surface area contributed by atoms with Crippen molar-refractivity contribution in [1.29, 1.82) is 0 Å². The lowest BCUT2D eigenvalue weighted by atomic mass is 9.86. The molecule has 0 aliphatic heterocycles. The molecule has 0 spiro atoms. The van der Waals surface area contributed by atoms with Crippen LogP contribution in [-0.2, 0) is 9.59 Å². The Morgan fingerprint density at radius 3 is 2.52 bits per heavy atom.